The van der Waals surface area contributed by atoms with Gasteiger partial charge in [-0.2, -0.15) is 0 Å². The number of rotatable bonds is 7. The zero-order chi connectivity index (χ0) is 24.2. The molecule has 0 spiro atoms. The Labute approximate surface area is 199 Å². The van der Waals surface area contributed by atoms with Gasteiger partial charge >= 0.3 is 12.1 Å². The lowest BCUT2D eigenvalue weighted by molar-refractivity contribution is -0.142. The zero-order valence-electron chi connectivity index (χ0n) is 19.6. The van der Waals surface area contributed by atoms with E-state index in [-0.39, 0.29) is 24.5 Å². The van der Waals surface area contributed by atoms with Crippen LogP contribution in [0.5, 0.6) is 0 Å². The van der Waals surface area contributed by atoms with Crippen molar-refractivity contribution in [2.45, 2.75) is 57.5 Å². The second kappa shape index (κ2) is 10.3. The maximum atomic E-state index is 12.9. The van der Waals surface area contributed by atoms with E-state index in [4.69, 9.17) is 4.74 Å². The van der Waals surface area contributed by atoms with Gasteiger partial charge in [-0.3, -0.25) is 9.59 Å². The number of carbonyl (C=O) groups excluding carboxylic acids is 2. The number of alkyl carbamates (subject to hydrolysis) is 1. The van der Waals surface area contributed by atoms with Crippen LogP contribution in [0.1, 0.15) is 56.6 Å². The number of ether oxygens (including phenoxy) is 1. The number of hydrogen-bond acceptors (Lipinski definition) is 4. The van der Waals surface area contributed by atoms with E-state index in [2.05, 4.69) is 34.9 Å². The monoisotopic (exact) mass is 464 g/mol. The third-order valence-corrected chi connectivity index (χ3v) is 7.26. The first-order valence-electron chi connectivity index (χ1n) is 12.0. The van der Waals surface area contributed by atoms with E-state index >= 15 is 0 Å². The highest BCUT2D eigenvalue weighted by atomic mass is 16.5. The third-order valence-electron chi connectivity index (χ3n) is 7.26. The molecule has 0 aromatic heterocycles. The van der Waals surface area contributed by atoms with Gasteiger partial charge in [-0.1, -0.05) is 61.4 Å². The van der Waals surface area contributed by atoms with Crippen molar-refractivity contribution in [1.29, 1.82) is 0 Å². The van der Waals surface area contributed by atoms with E-state index in [1.807, 2.05) is 24.3 Å². The fourth-order valence-corrected chi connectivity index (χ4v) is 5.08. The Hall–Kier alpha value is -3.35. The van der Waals surface area contributed by atoms with Crippen molar-refractivity contribution in [3.63, 3.8) is 0 Å². The summed E-state index contributed by atoms with van der Waals surface area (Å²) in [7, 11) is 0. The molecule has 1 fully saturated rings. The predicted octanol–water partition coefficient (Wildman–Crippen LogP) is 4.31. The van der Waals surface area contributed by atoms with Crippen LogP contribution in [0.25, 0.3) is 11.1 Å². The summed E-state index contributed by atoms with van der Waals surface area (Å²) in [4.78, 5) is 36.8. The maximum absolute atomic E-state index is 12.9. The molecule has 2 unspecified atom stereocenters. The summed E-state index contributed by atoms with van der Waals surface area (Å²) >= 11 is 0. The molecule has 2 aliphatic carbocycles. The van der Waals surface area contributed by atoms with Crippen LogP contribution in [0, 0.1) is 11.8 Å². The molecule has 1 saturated carbocycles. The minimum absolute atomic E-state index is 0.0260. The van der Waals surface area contributed by atoms with Crippen molar-refractivity contribution in [3.05, 3.63) is 59.7 Å². The van der Waals surface area contributed by atoms with Crippen LogP contribution in [-0.4, -0.2) is 41.8 Å². The Kier molecular flexibility index (Phi) is 7.20. The van der Waals surface area contributed by atoms with Gasteiger partial charge in [-0.25, -0.2) is 4.79 Å². The molecule has 2 aromatic rings. The van der Waals surface area contributed by atoms with Gasteiger partial charge in [0.05, 0.1) is 11.8 Å². The number of amides is 2. The van der Waals surface area contributed by atoms with E-state index in [0.29, 0.717) is 12.8 Å². The maximum Gasteiger partial charge on any atom is 0.407 e. The molecule has 180 valence electrons. The summed E-state index contributed by atoms with van der Waals surface area (Å²) in [6.45, 7) is 3.48. The first kappa shape index (κ1) is 23.8. The summed E-state index contributed by atoms with van der Waals surface area (Å²) in [5.41, 5.74) is 4.63. The van der Waals surface area contributed by atoms with E-state index in [9.17, 15) is 19.5 Å². The van der Waals surface area contributed by atoms with Crippen molar-refractivity contribution in [2.24, 2.45) is 11.8 Å². The predicted molar refractivity (Wildman–Crippen MR) is 128 cm³/mol. The lowest BCUT2D eigenvalue weighted by atomic mass is 9.83. The molecule has 4 rings (SSSR count). The Bertz CT molecular complexity index is 1020. The van der Waals surface area contributed by atoms with Crippen molar-refractivity contribution < 1.29 is 24.2 Å². The number of benzene rings is 2. The van der Waals surface area contributed by atoms with Crippen molar-refractivity contribution in [2.75, 3.05) is 6.61 Å². The largest absolute Gasteiger partial charge is 0.481 e. The van der Waals surface area contributed by atoms with E-state index in [1.54, 1.807) is 13.8 Å². The summed E-state index contributed by atoms with van der Waals surface area (Å²) < 4.78 is 5.66. The number of carboxylic acids is 1. The quantitative estimate of drug-likeness (QED) is 0.566. The zero-order valence-corrected chi connectivity index (χ0v) is 19.6. The van der Waals surface area contributed by atoms with Crippen molar-refractivity contribution in [1.82, 2.24) is 10.6 Å². The molecule has 0 aliphatic heterocycles. The number of carbonyl (C=O) groups is 3. The molecule has 2 aromatic carbocycles. The van der Waals surface area contributed by atoms with Gasteiger partial charge in [0.15, 0.2) is 0 Å². The normalized spacial score (nSPS) is 21.0. The second-order valence-electron chi connectivity index (χ2n) is 9.39. The Balaban J connectivity index is 1.37. The summed E-state index contributed by atoms with van der Waals surface area (Å²) in [6, 6.07) is 15.5. The van der Waals surface area contributed by atoms with Crippen LogP contribution in [0.4, 0.5) is 4.79 Å². The van der Waals surface area contributed by atoms with Gasteiger partial charge < -0.3 is 20.5 Å². The SMILES string of the molecule is CC(NC(=O)[C@H]1CCCC[C@H]1NC(=O)OCC1c2ccccc2-c2ccccc21)C(C)C(=O)O. The standard InChI is InChI=1S/C27H32N2O5/c1-16(26(31)32)17(2)28-25(30)22-13-7-8-14-24(22)29-27(33)34-15-23-20-11-5-3-9-18(20)19-10-4-6-12-21(19)23/h3-6,9-12,16-17,22-24H,7-8,13-15H2,1-2H3,(H,28,30)(H,29,33)(H,31,32)/t16?,17?,22-,24+/m0/s1. The molecule has 7 heteroatoms. The molecule has 3 N–H and O–H groups in total. The van der Waals surface area contributed by atoms with E-state index < -0.39 is 29.9 Å². The Morgan fingerprint density at radius 2 is 1.56 bits per heavy atom. The minimum atomic E-state index is -0.954. The fraction of sp³-hybridized carbons (Fsp3) is 0.444. The fourth-order valence-electron chi connectivity index (χ4n) is 5.08. The Morgan fingerprint density at radius 1 is 0.971 bits per heavy atom. The van der Waals surface area contributed by atoms with Crippen LogP contribution >= 0.6 is 0 Å². The number of hydrogen-bond donors (Lipinski definition) is 3. The van der Waals surface area contributed by atoms with Crippen molar-refractivity contribution in [3.8, 4) is 11.1 Å². The highest BCUT2D eigenvalue weighted by Crippen LogP contribution is 2.44. The average molecular weight is 465 g/mol. The first-order valence-corrected chi connectivity index (χ1v) is 12.0. The summed E-state index contributed by atoms with van der Waals surface area (Å²) in [5.74, 6) is -2.30. The number of fused-ring (bicyclic) bond motifs is 3. The first-order chi connectivity index (χ1) is 16.4. The number of nitrogens with one attached hydrogen (secondary N) is 2. The highest BCUT2D eigenvalue weighted by molar-refractivity contribution is 5.82. The van der Waals surface area contributed by atoms with Crippen LogP contribution in [0.3, 0.4) is 0 Å². The molecular formula is C27H32N2O5. The molecular weight excluding hydrogens is 432 g/mol. The van der Waals surface area contributed by atoms with Gasteiger partial charge in [-0.05, 0) is 48.9 Å². The molecule has 4 atom stereocenters. The molecule has 2 amide bonds. The molecule has 0 saturated heterocycles. The average Bonchev–Trinajstić information content (AvgIpc) is 3.16. The summed E-state index contributed by atoms with van der Waals surface area (Å²) in [5, 5.41) is 14.9. The molecule has 0 bridgehead atoms. The van der Waals surface area contributed by atoms with Gasteiger partial charge in [-0.15, -0.1) is 0 Å². The lowest BCUT2D eigenvalue weighted by Crippen LogP contribution is -2.51. The minimum Gasteiger partial charge on any atom is -0.481 e. The lowest BCUT2D eigenvalue weighted by Gasteiger charge is -2.32. The summed E-state index contributed by atoms with van der Waals surface area (Å²) in [6.07, 6.45) is 2.61. The topological polar surface area (TPSA) is 105 Å². The number of carboxylic acid groups (broad SMARTS) is 1. The van der Waals surface area contributed by atoms with Crippen LogP contribution in [0.15, 0.2) is 48.5 Å². The van der Waals surface area contributed by atoms with Crippen molar-refractivity contribution >= 4 is 18.0 Å². The van der Waals surface area contributed by atoms with Crippen LogP contribution in [0.2, 0.25) is 0 Å². The smallest absolute Gasteiger partial charge is 0.407 e. The van der Waals surface area contributed by atoms with Gasteiger partial charge in [0.2, 0.25) is 5.91 Å². The van der Waals surface area contributed by atoms with E-state index in [1.165, 1.54) is 11.1 Å². The van der Waals surface area contributed by atoms with Crippen LogP contribution < -0.4 is 10.6 Å². The van der Waals surface area contributed by atoms with Gasteiger partial charge in [0.1, 0.15) is 6.61 Å². The number of aliphatic carboxylic acids is 1. The highest BCUT2D eigenvalue weighted by Gasteiger charge is 2.35. The van der Waals surface area contributed by atoms with Crippen LogP contribution in [-0.2, 0) is 14.3 Å². The van der Waals surface area contributed by atoms with E-state index in [0.717, 1.165) is 24.0 Å². The Morgan fingerprint density at radius 3 is 2.18 bits per heavy atom. The molecule has 2 aliphatic rings. The molecule has 0 heterocycles. The van der Waals surface area contributed by atoms with Gasteiger partial charge in [0.25, 0.3) is 0 Å². The molecule has 0 radical (unpaired) electrons. The van der Waals surface area contributed by atoms with Gasteiger partial charge in [0, 0.05) is 18.0 Å². The third kappa shape index (κ3) is 4.93. The molecule has 34 heavy (non-hydrogen) atoms. The second-order valence-corrected chi connectivity index (χ2v) is 9.39. The molecule has 7 nitrogen and oxygen atoms in total.